The Morgan fingerprint density at radius 1 is 1.19 bits per heavy atom. The largest absolute Gasteiger partial charge is 0.478 e. The van der Waals surface area contributed by atoms with E-state index in [0.29, 0.717) is 0 Å². The molecule has 116 valence electrons. The Kier molecular flexibility index (Phi) is 7.21. The minimum absolute atomic E-state index is 0.000431. The highest BCUT2D eigenvalue weighted by atomic mass is 16.5. The summed E-state index contributed by atoms with van der Waals surface area (Å²) in [6.07, 6.45) is 6.78. The molecule has 6 nitrogen and oxygen atoms in total. The van der Waals surface area contributed by atoms with Crippen molar-refractivity contribution in [3.63, 3.8) is 0 Å². The fourth-order valence-electron chi connectivity index (χ4n) is 2.03. The number of carbonyl (C=O) groups excluding carboxylic acids is 2. The maximum absolute atomic E-state index is 11.7. The van der Waals surface area contributed by atoms with Gasteiger partial charge < -0.3 is 14.6 Å². The molecule has 0 aromatic heterocycles. The fourth-order valence-corrected chi connectivity index (χ4v) is 2.03. The van der Waals surface area contributed by atoms with Gasteiger partial charge in [0.2, 0.25) is 0 Å². The molecule has 0 aromatic rings. The zero-order valence-electron chi connectivity index (χ0n) is 11.9. The summed E-state index contributed by atoms with van der Waals surface area (Å²) in [7, 11) is 0. The van der Waals surface area contributed by atoms with Gasteiger partial charge in [0.15, 0.2) is 0 Å². The summed E-state index contributed by atoms with van der Waals surface area (Å²) in [6, 6.07) is 0. The first kappa shape index (κ1) is 16.9. The van der Waals surface area contributed by atoms with E-state index in [2.05, 4.69) is 6.58 Å². The van der Waals surface area contributed by atoms with Crippen LogP contribution in [-0.4, -0.2) is 35.7 Å². The van der Waals surface area contributed by atoms with Crippen LogP contribution in [-0.2, 0) is 23.9 Å². The molecule has 0 atom stereocenters. The van der Waals surface area contributed by atoms with Gasteiger partial charge in [-0.05, 0) is 31.8 Å². The quantitative estimate of drug-likeness (QED) is 0.571. The van der Waals surface area contributed by atoms with Gasteiger partial charge in [-0.2, -0.15) is 0 Å². The average Bonchev–Trinajstić information content (AvgIpc) is 2.44. The zero-order valence-corrected chi connectivity index (χ0v) is 11.9. The fraction of sp³-hybridized carbons (Fsp3) is 0.533. The second-order valence-electron chi connectivity index (χ2n) is 4.87. The molecule has 21 heavy (non-hydrogen) atoms. The van der Waals surface area contributed by atoms with Gasteiger partial charge in [-0.3, -0.25) is 4.79 Å². The van der Waals surface area contributed by atoms with Crippen molar-refractivity contribution in [1.29, 1.82) is 0 Å². The van der Waals surface area contributed by atoms with Crippen molar-refractivity contribution in [2.24, 2.45) is 0 Å². The Morgan fingerprint density at radius 2 is 1.86 bits per heavy atom. The number of hydrogen-bond acceptors (Lipinski definition) is 5. The van der Waals surface area contributed by atoms with E-state index in [-0.39, 0.29) is 24.7 Å². The van der Waals surface area contributed by atoms with Crippen LogP contribution in [0, 0.1) is 0 Å². The van der Waals surface area contributed by atoms with Gasteiger partial charge in [-0.1, -0.05) is 13.0 Å². The summed E-state index contributed by atoms with van der Waals surface area (Å²) in [5.74, 6) is -2.34. The van der Waals surface area contributed by atoms with Gasteiger partial charge in [-0.15, -0.1) is 0 Å². The first-order valence-corrected chi connectivity index (χ1v) is 6.93. The lowest BCUT2D eigenvalue weighted by molar-refractivity contribution is -0.151. The average molecular weight is 296 g/mol. The lowest BCUT2D eigenvalue weighted by atomic mass is 9.98. The van der Waals surface area contributed by atoms with Crippen LogP contribution in [0.3, 0.4) is 0 Å². The molecule has 0 heterocycles. The van der Waals surface area contributed by atoms with Crippen molar-refractivity contribution in [2.45, 2.75) is 44.6 Å². The van der Waals surface area contributed by atoms with Crippen LogP contribution < -0.4 is 0 Å². The van der Waals surface area contributed by atoms with E-state index in [1.54, 1.807) is 0 Å². The summed E-state index contributed by atoms with van der Waals surface area (Å²) >= 11 is 0. The van der Waals surface area contributed by atoms with Crippen LogP contribution in [0.2, 0.25) is 0 Å². The van der Waals surface area contributed by atoms with Crippen molar-refractivity contribution in [3.05, 3.63) is 24.3 Å². The predicted molar refractivity (Wildman–Crippen MR) is 74.5 cm³/mol. The molecule has 0 bridgehead atoms. The van der Waals surface area contributed by atoms with Crippen LogP contribution >= 0.6 is 0 Å². The second kappa shape index (κ2) is 8.94. The number of carbonyl (C=O) groups is 3. The first-order chi connectivity index (χ1) is 9.99. The topological polar surface area (TPSA) is 89.9 Å². The zero-order chi connectivity index (χ0) is 15.7. The molecule has 6 heteroatoms. The normalized spacial score (nSPS) is 15.6. The Labute approximate surface area is 123 Å². The van der Waals surface area contributed by atoms with Crippen LogP contribution in [0.4, 0.5) is 0 Å². The number of ether oxygens (including phenoxy) is 2. The maximum atomic E-state index is 11.7. The highest BCUT2D eigenvalue weighted by Crippen LogP contribution is 2.21. The summed E-state index contributed by atoms with van der Waals surface area (Å²) in [5, 5.41) is 8.36. The number of aliphatic carboxylic acids is 1. The first-order valence-electron chi connectivity index (χ1n) is 6.93. The molecule has 0 unspecified atom stereocenters. The Morgan fingerprint density at radius 3 is 2.48 bits per heavy atom. The SMILES string of the molecule is C=C(CC(=O)OC1CCCCC1)C(=O)OC/C=C/C(=O)O. The molecular formula is C15H20O6. The third-order valence-electron chi connectivity index (χ3n) is 3.07. The Bertz CT molecular complexity index is 431. The van der Waals surface area contributed by atoms with Crippen molar-refractivity contribution < 1.29 is 29.0 Å². The van der Waals surface area contributed by atoms with Crippen LogP contribution in [0.15, 0.2) is 24.3 Å². The van der Waals surface area contributed by atoms with E-state index in [1.807, 2.05) is 0 Å². The summed E-state index contributed by atoms with van der Waals surface area (Å²) in [4.78, 5) is 33.4. The molecule has 0 spiro atoms. The molecule has 1 aliphatic carbocycles. The number of rotatable bonds is 7. The standard InChI is InChI=1S/C15H20O6/c1-11(15(19)20-9-5-8-13(16)17)10-14(18)21-12-6-3-2-4-7-12/h5,8,12H,1-4,6-7,9-10H2,(H,16,17)/b8-5+. The summed E-state index contributed by atoms with van der Waals surface area (Å²) in [6.45, 7) is 3.31. The van der Waals surface area contributed by atoms with Gasteiger partial charge >= 0.3 is 17.9 Å². The second-order valence-corrected chi connectivity index (χ2v) is 4.87. The smallest absolute Gasteiger partial charge is 0.334 e. The third kappa shape index (κ3) is 7.29. The number of carboxylic acid groups (broad SMARTS) is 1. The minimum atomic E-state index is -1.12. The van der Waals surface area contributed by atoms with Gasteiger partial charge in [0.25, 0.3) is 0 Å². The highest BCUT2D eigenvalue weighted by molar-refractivity contribution is 5.93. The lowest BCUT2D eigenvalue weighted by Crippen LogP contribution is -2.22. The van der Waals surface area contributed by atoms with E-state index in [9.17, 15) is 14.4 Å². The molecule has 0 saturated heterocycles. The third-order valence-corrected chi connectivity index (χ3v) is 3.07. The molecule has 0 radical (unpaired) electrons. The molecule has 1 N–H and O–H groups in total. The van der Waals surface area contributed by atoms with E-state index >= 15 is 0 Å². The van der Waals surface area contributed by atoms with Crippen molar-refractivity contribution in [2.75, 3.05) is 6.61 Å². The lowest BCUT2D eigenvalue weighted by Gasteiger charge is -2.21. The molecular weight excluding hydrogens is 276 g/mol. The number of hydrogen-bond donors (Lipinski definition) is 1. The Hall–Kier alpha value is -2.11. The van der Waals surface area contributed by atoms with Crippen molar-refractivity contribution >= 4 is 17.9 Å². The van der Waals surface area contributed by atoms with Crippen LogP contribution in [0.1, 0.15) is 38.5 Å². The molecule has 0 aliphatic heterocycles. The van der Waals surface area contributed by atoms with Gasteiger partial charge in [-0.25, -0.2) is 9.59 Å². The molecule has 1 saturated carbocycles. The van der Waals surface area contributed by atoms with E-state index in [4.69, 9.17) is 14.6 Å². The van der Waals surface area contributed by atoms with E-state index < -0.39 is 17.9 Å². The monoisotopic (exact) mass is 296 g/mol. The van der Waals surface area contributed by atoms with E-state index in [0.717, 1.165) is 38.2 Å². The highest BCUT2D eigenvalue weighted by Gasteiger charge is 2.20. The van der Waals surface area contributed by atoms with Crippen LogP contribution in [0.5, 0.6) is 0 Å². The van der Waals surface area contributed by atoms with Gasteiger partial charge in [0.05, 0.1) is 6.42 Å². The number of esters is 2. The molecule has 0 aromatic carbocycles. The van der Waals surface area contributed by atoms with Gasteiger partial charge in [0, 0.05) is 11.6 Å². The van der Waals surface area contributed by atoms with Crippen LogP contribution in [0.25, 0.3) is 0 Å². The Balaban J connectivity index is 2.25. The molecule has 0 amide bonds. The van der Waals surface area contributed by atoms with Gasteiger partial charge in [0.1, 0.15) is 12.7 Å². The predicted octanol–water partition coefficient (Wildman–Crippen LogP) is 1.99. The van der Waals surface area contributed by atoms with Crippen molar-refractivity contribution in [1.82, 2.24) is 0 Å². The summed E-state index contributed by atoms with van der Waals surface area (Å²) < 4.78 is 10.0. The summed E-state index contributed by atoms with van der Waals surface area (Å²) in [5.41, 5.74) is -0.000431. The van der Waals surface area contributed by atoms with E-state index in [1.165, 1.54) is 6.08 Å². The maximum Gasteiger partial charge on any atom is 0.334 e. The van der Waals surface area contributed by atoms with Crippen molar-refractivity contribution in [3.8, 4) is 0 Å². The molecule has 1 aliphatic rings. The minimum Gasteiger partial charge on any atom is -0.478 e. The molecule has 1 fully saturated rings. The number of carboxylic acids is 1. The molecule has 1 rings (SSSR count).